The number of halogens is 1. The van der Waals surface area contributed by atoms with Crippen LogP contribution in [0.3, 0.4) is 0 Å². The van der Waals surface area contributed by atoms with E-state index in [1.54, 1.807) is 35.2 Å². The number of benzene rings is 2. The zero-order chi connectivity index (χ0) is 21.6. The molecule has 1 amide bonds. The Kier molecular flexibility index (Phi) is 6.37. The van der Waals surface area contributed by atoms with Gasteiger partial charge in [-0.1, -0.05) is 42.1 Å². The molecule has 31 heavy (non-hydrogen) atoms. The quantitative estimate of drug-likeness (QED) is 0.436. The molecule has 0 spiro atoms. The number of nitrogens with one attached hydrogen (secondary N) is 1. The van der Waals surface area contributed by atoms with Crippen LogP contribution in [0.4, 0.5) is 4.39 Å². The first-order valence-electron chi connectivity index (χ1n) is 9.71. The molecule has 0 bridgehead atoms. The summed E-state index contributed by atoms with van der Waals surface area (Å²) in [7, 11) is 0. The van der Waals surface area contributed by atoms with Crippen molar-refractivity contribution in [1.29, 1.82) is 0 Å². The van der Waals surface area contributed by atoms with E-state index in [-0.39, 0.29) is 23.5 Å². The van der Waals surface area contributed by atoms with Crippen molar-refractivity contribution in [2.24, 2.45) is 0 Å². The second kappa shape index (κ2) is 9.53. The topological polar surface area (TPSA) is 72.7 Å². The van der Waals surface area contributed by atoms with E-state index in [0.717, 1.165) is 11.3 Å². The van der Waals surface area contributed by atoms with Crippen LogP contribution in [-0.4, -0.2) is 31.4 Å². The fourth-order valence-corrected chi connectivity index (χ4v) is 3.90. The second-order valence-corrected chi connectivity index (χ2v) is 7.76. The van der Waals surface area contributed by atoms with E-state index in [4.69, 9.17) is 0 Å². The predicted molar refractivity (Wildman–Crippen MR) is 118 cm³/mol. The average Bonchev–Trinajstić information content (AvgIpc) is 3.23. The molecule has 0 saturated carbocycles. The first-order valence-corrected chi connectivity index (χ1v) is 10.7. The first kappa shape index (κ1) is 20.7. The van der Waals surface area contributed by atoms with Gasteiger partial charge >= 0.3 is 0 Å². The van der Waals surface area contributed by atoms with E-state index in [9.17, 15) is 9.18 Å². The summed E-state index contributed by atoms with van der Waals surface area (Å²) in [6.07, 6.45) is 3.39. The van der Waals surface area contributed by atoms with Crippen LogP contribution in [0.15, 0.2) is 84.3 Å². The number of hydrogen-bond donors (Lipinski definition) is 1. The Morgan fingerprint density at radius 1 is 1.03 bits per heavy atom. The third-order valence-electron chi connectivity index (χ3n) is 4.68. The van der Waals surface area contributed by atoms with Crippen LogP contribution < -0.4 is 5.32 Å². The van der Waals surface area contributed by atoms with E-state index >= 15 is 0 Å². The standard InChI is InChI=1S/C23H20FN5OS/c1-16(17-11-13-25-14-12-17)26-21(30)15-31-23-28-27-22(19-9-5-6-10-20(19)24)29(23)18-7-3-2-4-8-18/h2-14,16H,15H2,1H3,(H,26,30). The van der Waals surface area contributed by atoms with Crippen molar-refractivity contribution in [3.63, 3.8) is 0 Å². The first-order chi connectivity index (χ1) is 15.1. The van der Waals surface area contributed by atoms with Gasteiger partial charge in [-0.2, -0.15) is 0 Å². The Morgan fingerprint density at radius 3 is 2.48 bits per heavy atom. The largest absolute Gasteiger partial charge is 0.349 e. The van der Waals surface area contributed by atoms with Crippen molar-refractivity contribution < 1.29 is 9.18 Å². The van der Waals surface area contributed by atoms with Gasteiger partial charge in [0, 0.05) is 18.1 Å². The van der Waals surface area contributed by atoms with Crippen molar-refractivity contribution in [3.05, 3.63) is 90.5 Å². The van der Waals surface area contributed by atoms with Gasteiger partial charge in [-0.15, -0.1) is 10.2 Å². The van der Waals surface area contributed by atoms with Crippen LogP contribution in [0.2, 0.25) is 0 Å². The number of nitrogens with zero attached hydrogens (tertiary/aromatic N) is 4. The lowest BCUT2D eigenvalue weighted by Crippen LogP contribution is -2.28. The van der Waals surface area contributed by atoms with Crippen LogP contribution in [0.5, 0.6) is 0 Å². The summed E-state index contributed by atoms with van der Waals surface area (Å²) in [4.78, 5) is 16.5. The van der Waals surface area contributed by atoms with Gasteiger partial charge < -0.3 is 5.32 Å². The molecule has 1 N–H and O–H groups in total. The normalized spacial score (nSPS) is 11.8. The number of para-hydroxylation sites is 1. The lowest BCUT2D eigenvalue weighted by Gasteiger charge is -2.14. The van der Waals surface area contributed by atoms with Crippen molar-refractivity contribution in [1.82, 2.24) is 25.1 Å². The third-order valence-corrected chi connectivity index (χ3v) is 5.61. The third kappa shape index (κ3) is 4.80. The van der Waals surface area contributed by atoms with Crippen LogP contribution >= 0.6 is 11.8 Å². The maximum atomic E-state index is 14.4. The summed E-state index contributed by atoms with van der Waals surface area (Å²) in [5, 5.41) is 11.9. The van der Waals surface area contributed by atoms with Crippen molar-refractivity contribution >= 4 is 17.7 Å². The minimum absolute atomic E-state index is 0.135. The van der Waals surface area contributed by atoms with Gasteiger partial charge in [0.1, 0.15) is 5.82 Å². The molecular weight excluding hydrogens is 413 g/mol. The summed E-state index contributed by atoms with van der Waals surface area (Å²) in [6, 6.07) is 19.5. The maximum Gasteiger partial charge on any atom is 0.230 e. The summed E-state index contributed by atoms with van der Waals surface area (Å²) >= 11 is 1.25. The maximum absolute atomic E-state index is 14.4. The van der Waals surface area contributed by atoms with Crippen LogP contribution in [-0.2, 0) is 4.79 Å². The predicted octanol–water partition coefficient (Wildman–Crippen LogP) is 4.44. The molecule has 4 rings (SSSR count). The Labute approximate surface area is 183 Å². The van der Waals surface area contributed by atoms with Gasteiger partial charge in [-0.05, 0) is 48.9 Å². The molecule has 6 nitrogen and oxygen atoms in total. The minimum Gasteiger partial charge on any atom is -0.349 e. The fourth-order valence-electron chi connectivity index (χ4n) is 3.14. The van der Waals surface area contributed by atoms with Crippen molar-refractivity contribution in [2.75, 3.05) is 5.75 Å². The van der Waals surface area contributed by atoms with Gasteiger partial charge in [-0.25, -0.2) is 4.39 Å². The number of hydrogen-bond acceptors (Lipinski definition) is 5. The molecule has 0 aliphatic heterocycles. The zero-order valence-electron chi connectivity index (χ0n) is 16.8. The number of carbonyl (C=O) groups is 1. The lowest BCUT2D eigenvalue weighted by atomic mass is 10.1. The number of amides is 1. The SMILES string of the molecule is CC(NC(=O)CSc1nnc(-c2ccccc2F)n1-c1ccccc1)c1ccncc1. The van der Waals surface area contributed by atoms with Gasteiger partial charge in [0.25, 0.3) is 0 Å². The van der Waals surface area contributed by atoms with Crippen molar-refractivity contribution in [3.8, 4) is 17.1 Å². The van der Waals surface area contributed by atoms with Crippen LogP contribution in [0.1, 0.15) is 18.5 Å². The summed E-state index contributed by atoms with van der Waals surface area (Å²) in [6.45, 7) is 1.92. The smallest absolute Gasteiger partial charge is 0.230 e. The zero-order valence-corrected chi connectivity index (χ0v) is 17.6. The van der Waals surface area contributed by atoms with E-state index in [1.165, 1.54) is 17.8 Å². The number of carbonyl (C=O) groups excluding carboxylic acids is 1. The molecule has 2 heterocycles. The molecule has 0 radical (unpaired) electrons. The van der Waals surface area contributed by atoms with Gasteiger partial charge in [0.15, 0.2) is 11.0 Å². The molecule has 2 aromatic heterocycles. The highest BCUT2D eigenvalue weighted by Crippen LogP contribution is 2.29. The second-order valence-electron chi connectivity index (χ2n) is 6.82. The average molecular weight is 434 g/mol. The van der Waals surface area contributed by atoms with Crippen LogP contribution in [0.25, 0.3) is 17.1 Å². The summed E-state index contributed by atoms with van der Waals surface area (Å²) < 4.78 is 16.2. The molecule has 1 atom stereocenters. The van der Waals surface area contributed by atoms with Crippen molar-refractivity contribution in [2.45, 2.75) is 18.1 Å². The van der Waals surface area contributed by atoms with Gasteiger partial charge in [0.05, 0.1) is 17.4 Å². The monoisotopic (exact) mass is 433 g/mol. The minimum atomic E-state index is -0.382. The molecular formula is C23H20FN5OS. The Morgan fingerprint density at radius 2 is 1.74 bits per heavy atom. The van der Waals surface area contributed by atoms with E-state index in [2.05, 4.69) is 20.5 Å². The number of rotatable bonds is 7. The van der Waals surface area contributed by atoms with Crippen LogP contribution in [0, 0.1) is 5.82 Å². The van der Waals surface area contributed by atoms with E-state index in [1.807, 2.05) is 49.4 Å². The molecule has 1 unspecified atom stereocenters. The molecule has 2 aromatic carbocycles. The molecule has 0 aliphatic carbocycles. The fraction of sp³-hybridized carbons (Fsp3) is 0.130. The lowest BCUT2D eigenvalue weighted by molar-refractivity contribution is -0.119. The molecule has 0 saturated heterocycles. The Balaban J connectivity index is 1.56. The number of thioether (sulfide) groups is 1. The molecule has 0 fully saturated rings. The molecule has 156 valence electrons. The number of pyridine rings is 1. The highest BCUT2D eigenvalue weighted by molar-refractivity contribution is 7.99. The van der Waals surface area contributed by atoms with Gasteiger partial charge in [0.2, 0.25) is 5.91 Å². The van der Waals surface area contributed by atoms with Gasteiger partial charge in [-0.3, -0.25) is 14.3 Å². The van der Waals surface area contributed by atoms with E-state index in [0.29, 0.717) is 16.5 Å². The summed E-state index contributed by atoms with van der Waals surface area (Å²) in [5.74, 6) is 0.0202. The Bertz CT molecular complexity index is 1170. The molecule has 8 heteroatoms. The Hall–Kier alpha value is -3.52. The highest BCUT2D eigenvalue weighted by Gasteiger charge is 2.19. The molecule has 0 aliphatic rings. The number of aromatic nitrogens is 4. The van der Waals surface area contributed by atoms with E-state index < -0.39 is 0 Å². The summed E-state index contributed by atoms with van der Waals surface area (Å²) in [5.41, 5.74) is 2.11. The molecule has 4 aromatic rings. The highest BCUT2D eigenvalue weighted by atomic mass is 32.2.